The Bertz CT molecular complexity index is 246. The lowest BCUT2D eigenvalue weighted by Gasteiger charge is -2.54. The van der Waals surface area contributed by atoms with Crippen LogP contribution in [0.4, 0.5) is 0 Å². The Morgan fingerprint density at radius 3 is 2.06 bits per heavy atom. The first-order valence-corrected chi connectivity index (χ1v) is 8.10. The highest BCUT2D eigenvalue weighted by atomic mass is 15.0. The molecule has 0 amide bonds. The van der Waals surface area contributed by atoms with Crippen molar-refractivity contribution < 1.29 is 0 Å². The van der Waals surface area contributed by atoms with Crippen LogP contribution in [0.25, 0.3) is 0 Å². The zero-order valence-electron chi connectivity index (χ0n) is 12.2. The number of nitrogens with one attached hydrogen (secondary N) is 1. The standard InChI is InChI=1S/C16H30N2/c1-18(2)6-4-3-5-17-16-14-8-12-7-13(10-14)11-15(16)9-12/h12-17H,3-11H2,1-2H3. The smallest absolute Gasteiger partial charge is 0.0124 e. The second kappa shape index (κ2) is 5.50. The molecule has 0 radical (unpaired) electrons. The van der Waals surface area contributed by atoms with E-state index in [-0.39, 0.29) is 0 Å². The van der Waals surface area contributed by atoms with Crippen molar-refractivity contribution >= 4 is 0 Å². The maximum atomic E-state index is 3.92. The molecule has 0 unspecified atom stereocenters. The van der Waals surface area contributed by atoms with Gasteiger partial charge in [0.2, 0.25) is 0 Å². The van der Waals surface area contributed by atoms with Crippen LogP contribution < -0.4 is 5.32 Å². The summed E-state index contributed by atoms with van der Waals surface area (Å²) < 4.78 is 0. The molecular formula is C16H30N2. The number of hydrogen-bond donors (Lipinski definition) is 1. The van der Waals surface area contributed by atoms with E-state index in [9.17, 15) is 0 Å². The summed E-state index contributed by atoms with van der Waals surface area (Å²) in [7, 11) is 4.34. The minimum atomic E-state index is 0.886. The van der Waals surface area contributed by atoms with Gasteiger partial charge < -0.3 is 10.2 Å². The summed E-state index contributed by atoms with van der Waals surface area (Å²) >= 11 is 0. The van der Waals surface area contributed by atoms with E-state index < -0.39 is 0 Å². The minimum Gasteiger partial charge on any atom is -0.313 e. The van der Waals surface area contributed by atoms with Crippen LogP contribution in [0.15, 0.2) is 0 Å². The Labute approximate surface area is 113 Å². The third kappa shape index (κ3) is 2.75. The first-order chi connectivity index (χ1) is 8.72. The van der Waals surface area contributed by atoms with Crippen LogP contribution in [-0.2, 0) is 0 Å². The Balaban J connectivity index is 1.41. The molecule has 4 rings (SSSR count). The highest BCUT2D eigenvalue weighted by Gasteiger charge is 2.47. The van der Waals surface area contributed by atoms with E-state index in [2.05, 4.69) is 24.3 Å². The fraction of sp³-hybridized carbons (Fsp3) is 1.00. The molecule has 4 saturated carbocycles. The zero-order chi connectivity index (χ0) is 12.5. The molecule has 18 heavy (non-hydrogen) atoms. The Hall–Kier alpha value is -0.0800. The van der Waals surface area contributed by atoms with Crippen LogP contribution in [0.1, 0.15) is 44.9 Å². The summed E-state index contributed by atoms with van der Waals surface area (Å²) in [5, 5.41) is 3.92. The van der Waals surface area contributed by atoms with Crippen molar-refractivity contribution in [3.63, 3.8) is 0 Å². The van der Waals surface area contributed by atoms with Crippen LogP contribution >= 0.6 is 0 Å². The molecular weight excluding hydrogens is 220 g/mol. The highest BCUT2D eigenvalue weighted by Crippen LogP contribution is 2.53. The number of hydrogen-bond acceptors (Lipinski definition) is 2. The number of rotatable bonds is 6. The average molecular weight is 250 g/mol. The Kier molecular flexibility index (Phi) is 3.95. The molecule has 0 aliphatic heterocycles. The van der Waals surface area contributed by atoms with Crippen LogP contribution in [0.3, 0.4) is 0 Å². The van der Waals surface area contributed by atoms with Crippen molar-refractivity contribution in [3.05, 3.63) is 0 Å². The predicted octanol–water partition coefficient (Wildman–Crippen LogP) is 2.74. The predicted molar refractivity (Wildman–Crippen MR) is 76.6 cm³/mol. The average Bonchev–Trinajstić information content (AvgIpc) is 2.30. The van der Waals surface area contributed by atoms with Gasteiger partial charge in [0.1, 0.15) is 0 Å². The van der Waals surface area contributed by atoms with Crippen molar-refractivity contribution in [3.8, 4) is 0 Å². The molecule has 1 N–H and O–H groups in total. The largest absolute Gasteiger partial charge is 0.313 e. The molecule has 0 aromatic carbocycles. The lowest BCUT2D eigenvalue weighted by atomic mass is 9.54. The van der Waals surface area contributed by atoms with Crippen molar-refractivity contribution in [2.75, 3.05) is 27.2 Å². The molecule has 0 heterocycles. The quantitative estimate of drug-likeness (QED) is 0.729. The van der Waals surface area contributed by atoms with Gasteiger partial charge in [0, 0.05) is 6.04 Å². The molecule has 4 aliphatic rings. The highest BCUT2D eigenvalue weighted by molar-refractivity contribution is 5.01. The second-order valence-electron chi connectivity index (χ2n) is 7.42. The Morgan fingerprint density at radius 2 is 1.50 bits per heavy atom. The van der Waals surface area contributed by atoms with E-state index in [0.717, 1.165) is 29.7 Å². The van der Waals surface area contributed by atoms with E-state index in [1.165, 1.54) is 25.9 Å². The van der Waals surface area contributed by atoms with E-state index in [4.69, 9.17) is 0 Å². The van der Waals surface area contributed by atoms with E-state index in [1.807, 2.05) is 0 Å². The van der Waals surface area contributed by atoms with Gasteiger partial charge in [0.25, 0.3) is 0 Å². The van der Waals surface area contributed by atoms with Crippen LogP contribution in [0.5, 0.6) is 0 Å². The van der Waals surface area contributed by atoms with E-state index in [1.54, 1.807) is 32.1 Å². The summed E-state index contributed by atoms with van der Waals surface area (Å²) in [6.45, 7) is 2.49. The van der Waals surface area contributed by atoms with Gasteiger partial charge in [-0.3, -0.25) is 0 Å². The monoisotopic (exact) mass is 250 g/mol. The first-order valence-electron chi connectivity index (χ1n) is 8.10. The number of unbranched alkanes of at least 4 members (excludes halogenated alkanes) is 1. The van der Waals surface area contributed by atoms with Crippen LogP contribution in [-0.4, -0.2) is 38.1 Å². The summed E-state index contributed by atoms with van der Waals surface area (Å²) in [5.41, 5.74) is 0. The topological polar surface area (TPSA) is 15.3 Å². The van der Waals surface area contributed by atoms with Gasteiger partial charge in [-0.25, -0.2) is 0 Å². The lowest BCUT2D eigenvalue weighted by molar-refractivity contribution is -0.0136. The molecule has 2 nitrogen and oxygen atoms in total. The molecule has 0 atom stereocenters. The normalized spacial score (nSPS) is 41.8. The Morgan fingerprint density at radius 1 is 0.889 bits per heavy atom. The fourth-order valence-electron chi connectivity index (χ4n) is 5.08. The van der Waals surface area contributed by atoms with E-state index >= 15 is 0 Å². The van der Waals surface area contributed by atoms with Gasteiger partial charge in [-0.05, 0) is 95.8 Å². The van der Waals surface area contributed by atoms with Gasteiger partial charge in [-0.1, -0.05) is 0 Å². The maximum absolute atomic E-state index is 3.92. The molecule has 0 saturated heterocycles. The van der Waals surface area contributed by atoms with Gasteiger partial charge in [-0.15, -0.1) is 0 Å². The van der Waals surface area contributed by atoms with Crippen molar-refractivity contribution in [1.82, 2.24) is 10.2 Å². The summed E-state index contributed by atoms with van der Waals surface area (Å²) in [4.78, 5) is 2.29. The molecule has 4 aliphatic carbocycles. The first kappa shape index (κ1) is 12.9. The summed E-state index contributed by atoms with van der Waals surface area (Å²) in [5.74, 6) is 4.30. The van der Waals surface area contributed by atoms with Crippen molar-refractivity contribution in [2.45, 2.75) is 51.0 Å². The molecule has 0 aromatic heterocycles. The van der Waals surface area contributed by atoms with Gasteiger partial charge in [0.05, 0.1) is 0 Å². The van der Waals surface area contributed by atoms with Crippen molar-refractivity contribution in [2.24, 2.45) is 23.7 Å². The second-order valence-corrected chi connectivity index (χ2v) is 7.42. The zero-order valence-corrected chi connectivity index (χ0v) is 12.2. The SMILES string of the molecule is CN(C)CCCCNC1C2CC3CC(C2)CC1C3. The number of nitrogens with zero attached hydrogens (tertiary/aromatic N) is 1. The molecule has 4 fully saturated rings. The fourth-order valence-corrected chi connectivity index (χ4v) is 5.08. The van der Waals surface area contributed by atoms with Gasteiger partial charge >= 0.3 is 0 Å². The molecule has 0 aromatic rings. The molecule has 0 spiro atoms. The third-order valence-electron chi connectivity index (χ3n) is 5.64. The van der Waals surface area contributed by atoms with Gasteiger partial charge in [0.15, 0.2) is 0 Å². The van der Waals surface area contributed by atoms with Crippen LogP contribution in [0, 0.1) is 23.7 Å². The van der Waals surface area contributed by atoms with Gasteiger partial charge in [-0.2, -0.15) is 0 Å². The van der Waals surface area contributed by atoms with Crippen LogP contribution in [0.2, 0.25) is 0 Å². The summed E-state index contributed by atoms with van der Waals surface area (Å²) in [6.07, 6.45) is 10.4. The molecule has 104 valence electrons. The molecule has 2 heteroatoms. The third-order valence-corrected chi connectivity index (χ3v) is 5.64. The van der Waals surface area contributed by atoms with E-state index in [0.29, 0.717) is 0 Å². The minimum absolute atomic E-state index is 0.886. The summed E-state index contributed by atoms with van der Waals surface area (Å²) in [6, 6.07) is 0.886. The molecule has 4 bridgehead atoms. The lowest BCUT2D eigenvalue weighted by Crippen LogP contribution is -2.54. The maximum Gasteiger partial charge on any atom is 0.0124 e. The van der Waals surface area contributed by atoms with Crippen molar-refractivity contribution in [1.29, 1.82) is 0 Å².